The average Bonchev–Trinajstić information content (AvgIpc) is 2.53. The van der Waals surface area contributed by atoms with Gasteiger partial charge in [-0.25, -0.2) is 0 Å². The van der Waals surface area contributed by atoms with Crippen LogP contribution < -0.4 is 5.32 Å². The number of nitrogens with one attached hydrogen (secondary N) is 1. The van der Waals surface area contributed by atoms with E-state index in [1.807, 2.05) is 30.5 Å². The molecule has 22 heavy (non-hydrogen) atoms. The molecule has 1 atom stereocenters. The van der Waals surface area contributed by atoms with Crippen LogP contribution in [-0.4, -0.2) is 45.7 Å². The van der Waals surface area contributed by atoms with Crippen molar-refractivity contribution in [3.63, 3.8) is 0 Å². The average molecular weight is 302 g/mol. The van der Waals surface area contributed by atoms with Crippen molar-refractivity contribution in [2.24, 2.45) is 5.92 Å². The number of nitrogens with zero attached hydrogens (tertiary/aromatic N) is 1. The van der Waals surface area contributed by atoms with E-state index in [9.17, 15) is 15.3 Å². The summed E-state index contributed by atoms with van der Waals surface area (Å²) in [6, 6.07) is 9.64. The molecule has 0 amide bonds. The molecule has 4 N–H and O–H groups in total. The second-order valence-electron chi connectivity index (χ2n) is 6.05. The highest BCUT2D eigenvalue weighted by Crippen LogP contribution is 2.38. The summed E-state index contributed by atoms with van der Waals surface area (Å²) in [5, 5.41) is 32.6. The predicted octanol–water partition coefficient (Wildman–Crippen LogP) is 0.990. The molecule has 1 aromatic heterocycles. The maximum Gasteiger partial charge on any atom is 0.0702 e. The lowest BCUT2D eigenvalue weighted by Crippen LogP contribution is -2.45. The molecule has 1 heterocycles. The molecule has 1 aromatic carbocycles. The van der Waals surface area contributed by atoms with Crippen LogP contribution >= 0.6 is 0 Å². The van der Waals surface area contributed by atoms with E-state index in [0.717, 1.165) is 29.3 Å². The van der Waals surface area contributed by atoms with E-state index in [4.69, 9.17) is 0 Å². The zero-order valence-corrected chi connectivity index (χ0v) is 12.4. The Morgan fingerprint density at radius 2 is 1.91 bits per heavy atom. The van der Waals surface area contributed by atoms with Gasteiger partial charge in [-0.3, -0.25) is 4.98 Å². The van der Waals surface area contributed by atoms with Gasteiger partial charge in [0.15, 0.2) is 0 Å². The second kappa shape index (κ2) is 6.71. The van der Waals surface area contributed by atoms with Crippen molar-refractivity contribution >= 4 is 10.9 Å². The van der Waals surface area contributed by atoms with Crippen LogP contribution in [0.4, 0.5) is 0 Å². The highest BCUT2D eigenvalue weighted by atomic mass is 16.3. The van der Waals surface area contributed by atoms with E-state index in [1.165, 1.54) is 0 Å². The summed E-state index contributed by atoms with van der Waals surface area (Å²) in [4.78, 5) is 4.49. The van der Waals surface area contributed by atoms with Crippen LogP contribution in [-0.2, 0) is 0 Å². The largest absolute Gasteiger partial charge is 0.395 e. The van der Waals surface area contributed by atoms with Gasteiger partial charge in [0.25, 0.3) is 0 Å². The lowest BCUT2D eigenvalue weighted by Gasteiger charge is -2.39. The van der Waals surface area contributed by atoms with Crippen LogP contribution in [0.5, 0.6) is 0 Å². The van der Waals surface area contributed by atoms with Gasteiger partial charge in [0.2, 0.25) is 0 Å². The van der Waals surface area contributed by atoms with Crippen molar-refractivity contribution in [3.05, 3.63) is 42.1 Å². The maximum atomic E-state index is 9.59. The van der Waals surface area contributed by atoms with Crippen LogP contribution in [0.1, 0.15) is 24.4 Å². The number of benzene rings is 1. The van der Waals surface area contributed by atoms with Crippen molar-refractivity contribution in [2.45, 2.75) is 31.0 Å². The van der Waals surface area contributed by atoms with Crippen LogP contribution in [0.15, 0.2) is 36.5 Å². The van der Waals surface area contributed by atoms with Crippen LogP contribution in [0, 0.1) is 5.92 Å². The van der Waals surface area contributed by atoms with Gasteiger partial charge in [0.1, 0.15) is 0 Å². The predicted molar refractivity (Wildman–Crippen MR) is 84.3 cm³/mol. The molecule has 0 radical (unpaired) electrons. The lowest BCUT2D eigenvalue weighted by atomic mass is 9.75. The Balaban J connectivity index is 1.88. The smallest absolute Gasteiger partial charge is 0.0702 e. The maximum absolute atomic E-state index is 9.59. The van der Waals surface area contributed by atoms with E-state index in [1.54, 1.807) is 0 Å². The molecule has 0 bridgehead atoms. The fraction of sp³-hybridized carbons (Fsp3) is 0.471. The highest BCUT2D eigenvalue weighted by Gasteiger charge is 2.35. The van der Waals surface area contributed by atoms with Gasteiger partial charge in [0, 0.05) is 17.6 Å². The molecule has 0 saturated heterocycles. The fourth-order valence-electron chi connectivity index (χ4n) is 3.08. The molecule has 5 nitrogen and oxygen atoms in total. The van der Waals surface area contributed by atoms with E-state index in [-0.39, 0.29) is 31.4 Å². The van der Waals surface area contributed by atoms with Crippen molar-refractivity contribution in [1.29, 1.82) is 0 Å². The molecule has 0 unspecified atom stereocenters. The Kier molecular flexibility index (Phi) is 4.69. The minimum Gasteiger partial charge on any atom is -0.395 e. The zero-order chi connectivity index (χ0) is 15.5. The summed E-state index contributed by atoms with van der Waals surface area (Å²) >= 11 is 0. The number of fused-ring (bicyclic) bond motifs is 1. The first-order valence-corrected chi connectivity index (χ1v) is 7.71. The monoisotopic (exact) mass is 302 g/mol. The molecule has 3 rings (SSSR count). The second-order valence-corrected chi connectivity index (χ2v) is 6.05. The van der Waals surface area contributed by atoms with E-state index >= 15 is 0 Å². The number of aliphatic hydroxyl groups is 3. The first kappa shape index (κ1) is 15.4. The van der Waals surface area contributed by atoms with Crippen molar-refractivity contribution in [3.8, 4) is 0 Å². The summed E-state index contributed by atoms with van der Waals surface area (Å²) in [6.45, 7) is -0.243. The van der Waals surface area contributed by atoms with Crippen molar-refractivity contribution < 1.29 is 15.3 Å². The number of pyridine rings is 1. The Morgan fingerprint density at radius 1 is 1.18 bits per heavy atom. The number of aliphatic hydroxyl groups excluding tert-OH is 3. The normalized spacial score (nSPS) is 22.7. The summed E-state index contributed by atoms with van der Waals surface area (Å²) < 4.78 is 0. The number of hydrogen-bond acceptors (Lipinski definition) is 5. The summed E-state index contributed by atoms with van der Waals surface area (Å²) in [7, 11) is 0. The summed E-state index contributed by atoms with van der Waals surface area (Å²) in [5.41, 5.74) is 1.97. The van der Waals surface area contributed by atoms with Gasteiger partial charge >= 0.3 is 0 Å². The third kappa shape index (κ3) is 3.13. The van der Waals surface area contributed by atoms with Gasteiger partial charge in [-0.2, -0.15) is 0 Å². The lowest BCUT2D eigenvalue weighted by molar-refractivity contribution is 0.0177. The van der Waals surface area contributed by atoms with E-state index in [0.29, 0.717) is 5.92 Å². The molecular weight excluding hydrogens is 280 g/mol. The van der Waals surface area contributed by atoms with E-state index < -0.39 is 0 Å². The number of hydrogen-bond donors (Lipinski definition) is 4. The Bertz CT molecular complexity index is 624. The first-order chi connectivity index (χ1) is 10.7. The molecule has 0 spiro atoms. The minimum atomic E-state index is -0.366. The minimum absolute atomic E-state index is 0.0233. The van der Waals surface area contributed by atoms with Gasteiger partial charge < -0.3 is 20.6 Å². The quantitative estimate of drug-likeness (QED) is 0.639. The third-order valence-electron chi connectivity index (χ3n) is 4.45. The number of para-hydroxylation sites is 1. The SMILES string of the molecule is OCC(CO)N[C@H](c1cnc2ccccc2c1)C1CC(O)C1. The number of rotatable bonds is 6. The summed E-state index contributed by atoms with van der Waals surface area (Å²) in [6.07, 6.45) is 3.06. The first-order valence-electron chi connectivity index (χ1n) is 7.71. The molecule has 2 aromatic rings. The number of aromatic nitrogens is 1. The molecule has 5 heteroatoms. The highest BCUT2D eigenvalue weighted by molar-refractivity contribution is 5.78. The van der Waals surface area contributed by atoms with Gasteiger partial charge in [-0.1, -0.05) is 18.2 Å². The van der Waals surface area contributed by atoms with E-state index in [2.05, 4.69) is 16.4 Å². The molecule has 1 saturated carbocycles. The summed E-state index contributed by atoms with van der Waals surface area (Å²) in [5.74, 6) is 0.290. The Labute approximate surface area is 129 Å². The molecule has 1 aliphatic carbocycles. The molecule has 0 aliphatic heterocycles. The van der Waals surface area contributed by atoms with Gasteiger partial charge in [-0.05, 0) is 36.5 Å². The van der Waals surface area contributed by atoms with Crippen molar-refractivity contribution in [2.75, 3.05) is 13.2 Å². The van der Waals surface area contributed by atoms with Gasteiger partial charge in [-0.15, -0.1) is 0 Å². The molecule has 1 aliphatic rings. The molecule has 118 valence electrons. The van der Waals surface area contributed by atoms with Crippen LogP contribution in [0.2, 0.25) is 0 Å². The van der Waals surface area contributed by atoms with Crippen molar-refractivity contribution in [1.82, 2.24) is 10.3 Å². The Hall–Kier alpha value is -1.53. The standard InChI is InChI=1S/C17H22N2O3/c20-9-14(10-21)19-17(12-6-15(22)7-12)13-5-11-3-1-2-4-16(11)18-8-13/h1-5,8,12,14-15,17,19-22H,6-7,9-10H2/t12?,15?,17-/m0/s1. The van der Waals surface area contributed by atoms with Crippen LogP contribution in [0.25, 0.3) is 10.9 Å². The molecule has 1 fully saturated rings. The Morgan fingerprint density at radius 3 is 2.59 bits per heavy atom. The topological polar surface area (TPSA) is 85.6 Å². The van der Waals surface area contributed by atoms with Crippen LogP contribution in [0.3, 0.4) is 0 Å². The third-order valence-corrected chi connectivity index (χ3v) is 4.45. The fourth-order valence-corrected chi connectivity index (χ4v) is 3.08. The zero-order valence-electron chi connectivity index (χ0n) is 12.4. The van der Waals surface area contributed by atoms with Gasteiger partial charge in [0.05, 0.1) is 30.9 Å². The molecular formula is C17H22N2O3.